The van der Waals surface area contributed by atoms with Gasteiger partial charge in [-0.15, -0.1) is 0 Å². The van der Waals surface area contributed by atoms with Crippen molar-refractivity contribution in [2.24, 2.45) is 0 Å². The average molecular weight is 240 g/mol. The van der Waals surface area contributed by atoms with Crippen LogP contribution in [0.1, 0.15) is 40.0 Å². The van der Waals surface area contributed by atoms with E-state index in [2.05, 4.69) is 17.6 Å². The van der Waals surface area contributed by atoms with Crippen LogP contribution in [0.15, 0.2) is 11.3 Å². The number of allylic oxidation sites excluding steroid dienone is 1. The van der Waals surface area contributed by atoms with Gasteiger partial charge in [0.15, 0.2) is 0 Å². The lowest BCUT2D eigenvalue weighted by molar-refractivity contribution is -0.140. The molecule has 1 rings (SSSR count). The first kappa shape index (κ1) is 13.5. The van der Waals surface area contributed by atoms with Gasteiger partial charge >= 0.3 is 5.97 Å². The molecule has 1 amide bonds. The van der Waals surface area contributed by atoms with Crippen molar-refractivity contribution < 1.29 is 14.3 Å². The number of hydrogen-bond donors (Lipinski definition) is 2. The highest BCUT2D eigenvalue weighted by molar-refractivity contribution is 6.17. The number of nitrogens with one attached hydrogen (secondary N) is 2. The van der Waals surface area contributed by atoms with Crippen LogP contribution in [0, 0.1) is 0 Å². The predicted molar refractivity (Wildman–Crippen MR) is 63.9 cm³/mol. The fourth-order valence-corrected chi connectivity index (χ4v) is 1.77. The molecule has 0 aromatic rings. The number of hydrogen-bond acceptors (Lipinski definition) is 4. The largest absolute Gasteiger partial charge is 0.462 e. The Bertz CT molecular complexity index is 337. The molecule has 96 valence electrons. The third-order valence-corrected chi connectivity index (χ3v) is 2.62. The monoisotopic (exact) mass is 240 g/mol. The number of carbonyl (C=O) groups is 2. The fraction of sp³-hybridized carbons (Fsp3) is 0.667. The summed E-state index contributed by atoms with van der Waals surface area (Å²) in [6.07, 6.45) is 2.87. The van der Waals surface area contributed by atoms with Crippen LogP contribution >= 0.6 is 0 Å². The van der Waals surface area contributed by atoms with Crippen molar-refractivity contribution in [2.45, 2.75) is 46.2 Å². The molecular weight excluding hydrogens is 220 g/mol. The van der Waals surface area contributed by atoms with Gasteiger partial charge in [-0.3, -0.25) is 4.79 Å². The number of ether oxygens (including phenoxy) is 1. The molecule has 0 aromatic carbocycles. The Morgan fingerprint density at radius 3 is 2.59 bits per heavy atom. The second-order valence-electron chi connectivity index (χ2n) is 4.03. The van der Waals surface area contributed by atoms with Crippen molar-refractivity contribution in [1.29, 1.82) is 0 Å². The molecule has 5 heteroatoms. The standard InChI is InChI=1S/C12H20N2O3/c1-4-6-7-9-13-8(3)10(11(15)14-9)12(16)17-5-2/h9,13H,4-7H2,1-3H3,(H,14,15). The Hall–Kier alpha value is -1.52. The Balaban J connectivity index is 2.72. The van der Waals surface area contributed by atoms with Gasteiger partial charge in [-0.05, 0) is 26.7 Å². The van der Waals surface area contributed by atoms with E-state index in [1.54, 1.807) is 13.8 Å². The molecule has 2 N–H and O–H groups in total. The van der Waals surface area contributed by atoms with Crippen molar-refractivity contribution in [3.05, 3.63) is 11.3 Å². The average Bonchev–Trinajstić information content (AvgIpc) is 2.25. The molecule has 1 unspecified atom stereocenters. The highest BCUT2D eigenvalue weighted by Gasteiger charge is 2.29. The first-order valence-corrected chi connectivity index (χ1v) is 6.05. The van der Waals surface area contributed by atoms with Crippen LogP contribution < -0.4 is 10.6 Å². The maximum atomic E-state index is 11.8. The fourth-order valence-electron chi connectivity index (χ4n) is 1.77. The van der Waals surface area contributed by atoms with E-state index in [0.717, 1.165) is 19.3 Å². The molecular formula is C12H20N2O3. The summed E-state index contributed by atoms with van der Waals surface area (Å²) in [4.78, 5) is 23.3. The molecule has 0 spiro atoms. The highest BCUT2D eigenvalue weighted by atomic mass is 16.5. The second-order valence-corrected chi connectivity index (χ2v) is 4.03. The zero-order valence-electron chi connectivity index (χ0n) is 10.6. The molecule has 0 saturated heterocycles. The third-order valence-electron chi connectivity index (χ3n) is 2.62. The summed E-state index contributed by atoms with van der Waals surface area (Å²) in [5, 5.41) is 5.88. The SMILES string of the molecule is CCCCC1NC(=O)C(C(=O)OCC)=C(C)N1. The maximum absolute atomic E-state index is 11.8. The van der Waals surface area contributed by atoms with E-state index < -0.39 is 5.97 Å². The Labute approximate surface area is 102 Å². The molecule has 1 aliphatic heterocycles. The zero-order chi connectivity index (χ0) is 12.8. The van der Waals surface area contributed by atoms with Gasteiger partial charge in [-0.2, -0.15) is 0 Å². The van der Waals surface area contributed by atoms with Crippen LogP contribution in [-0.4, -0.2) is 24.6 Å². The minimum atomic E-state index is -0.566. The van der Waals surface area contributed by atoms with Crippen molar-refractivity contribution in [3.8, 4) is 0 Å². The van der Waals surface area contributed by atoms with Gasteiger partial charge < -0.3 is 15.4 Å². The van der Waals surface area contributed by atoms with E-state index in [1.165, 1.54) is 0 Å². The van der Waals surface area contributed by atoms with Gasteiger partial charge in [0.2, 0.25) is 0 Å². The number of rotatable bonds is 5. The molecule has 0 aliphatic carbocycles. The second kappa shape index (κ2) is 6.27. The topological polar surface area (TPSA) is 67.4 Å². The number of unbranched alkanes of at least 4 members (excludes halogenated alkanes) is 1. The van der Waals surface area contributed by atoms with Gasteiger partial charge in [0, 0.05) is 5.70 Å². The van der Waals surface area contributed by atoms with E-state index in [-0.39, 0.29) is 24.3 Å². The van der Waals surface area contributed by atoms with Crippen LogP contribution in [0.2, 0.25) is 0 Å². The Kier molecular flexibility index (Phi) is 5.00. The smallest absolute Gasteiger partial charge is 0.345 e. The molecule has 0 bridgehead atoms. The lowest BCUT2D eigenvalue weighted by Crippen LogP contribution is -2.51. The van der Waals surface area contributed by atoms with Crippen molar-refractivity contribution >= 4 is 11.9 Å². The first-order valence-electron chi connectivity index (χ1n) is 6.05. The minimum absolute atomic E-state index is 0.0828. The van der Waals surface area contributed by atoms with Gasteiger partial charge in [-0.25, -0.2) is 4.79 Å². The molecule has 0 saturated carbocycles. The van der Waals surface area contributed by atoms with E-state index >= 15 is 0 Å². The van der Waals surface area contributed by atoms with Gasteiger partial charge in [0.1, 0.15) is 5.57 Å². The molecule has 1 atom stereocenters. The maximum Gasteiger partial charge on any atom is 0.345 e. The van der Waals surface area contributed by atoms with Crippen molar-refractivity contribution in [1.82, 2.24) is 10.6 Å². The lowest BCUT2D eigenvalue weighted by atomic mass is 10.1. The normalized spacial score (nSPS) is 19.7. The van der Waals surface area contributed by atoms with E-state index in [9.17, 15) is 9.59 Å². The van der Waals surface area contributed by atoms with E-state index in [1.807, 2.05) is 0 Å². The summed E-state index contributed by atoms with van der Waals surface area (Å²) in [7, 11) is 0. The van der Waals surface area contributed by atoms with E-state index in [4.69, 9.17) is 4.74 Å². The number of carbonyl (C=O) groups excluding carboxylic acids is 2. The quantitative estimate of drug-likeness (QED) is 0.557. The van der Waals surface area contributed by atoms with Crippen molar-refractivity contribution in [2.75, 3.05) is 6.61 Å². The van der Waals surface area contributed by atoms with Crippen LogP contribution in [0.25, 0.3) is 0 Å². The summed E-state index contributed by atoms with van der Waals surface area (Å²) in [6.45, 7) is 5.80. The number of esters is 1. The van der Waals surface area contributed by atoms with Crippen LogP contribution in [0.4, 0.5) is 0 Å². The van der Waals surface area contributed by atoms with Gasteiger partial charge in [-0.1, -0.05) is 13.3 Å². The predicted octanol–water partition coefficient (Wildman–Crippen LogP) is 1.06. The Morgan fingerprint density at radius 1 is 1.35 bits per heavy atom. The summed E-state index contributed by atoms with van der Waals surface area (Å²) >= 11 is 0. The molecule has 5 nitrogen and oxygen atoms in total. The van der Waals surface area contributed by atoms with Crippen LogP contribution in [0.5, 0.6) is 0 Å². The molecule has 0 aromatic heterocycles. The molecule has 0 fully saturated rings. The van der Waals surface area contributed by atoms with Crippen molar-refractivity contribution in [3.63, 3.8) is 0 Å². The van der Waals surface area contributed by atoms with Gasteiger partial charge in [0.25, 0.3) is 5.91 Å². The minimum Gasteiger partial charge on any atom is -0.462 e. The van der Waals surface area contributed by atoms with Gasteiger partial charge in [0.05, 0.1) is 12.8 Å². The summed E-state index contributed by atoms with van der Waals surface area (Å²) in [6, 6.07) is 0. The third kappa shape index (κ3) is 3.47. The summed E-state index contributed by atoms with van der Waals surface area (Å²) < 4.78 is 4.84. The summed E-state index contributed by atoms with van der Waals surface area (Å²) in [5.74, 6) is -0.912. The zero-order valence-corrected chi connectivity index (χ0v) is 10.6. The molecule has 17 heavy (non-hydrogen) atoms. The number of amides is 1. The Morgan fingerprint density at radius 2 is 2.06 bits per heavy atom. The highest BCUT2D eigenvalue weighted by Crippen LogP contribution is 2.12. The lowest BCUT2D eigenvalue weighted by Gasteiger charge is -2.27. The molecule has 0 radical (unpaired) electrons. The first-order chi connectivity index (χ1) is 8.10. The molecule has 1 aliphatic rings. The molecule has 1 heterocycles. The van der Waals surface area contributed by atoms with Crippen LogP contribution in [-0.2, 0) is 14.3 Å². The van der Waals surface area contributed by atoms with E-state index in [0.29, 0.717) is 5.70 Å². The summed E-state index contributed by atoms with van der Waals surface area (Å²) in [5.41, 5.74) is 0.674. The van der Waals surface area contributed by atoms with Crippen LogP contribution in [0.3, 0.4) is 0 Å².